The fourth-order valence-corrected chi connectivity index (χ4v) is 3.23. The third kappa shape index (κ3) is 2.74. The minimum absolute atomic E-state index is 0.0871. The molecule has 5 nitrogen and oxygen atoms in total. The highest BCUT2D eigenvalue weighted by Crippen LogP contribution is 2.24. The number of hydrogen-bond donors (Lipinski definition) is 0. The van der Waals surface area contributed by atoms with Crippen molar-refractivity contribution < 1.29 is 4.79 Å². The van der Waals surface area contributed by atoms with E-state index in [0.29, 0.717) is 26.5 Å². The molecular formula is C17H15Cl2N3O2. The van der Waals surface area contributed by atoms with Gasteiger partial charge in [-0.05, 0) is 32.0 Å². The first kappa shape index (κ1) is 16.7. The molecule has 2 heterocycles. The summed E-state index contributed by atoms with van der Waals surface area (Å²) in [5, 5.41) is 0.955. The summed E-state index contributed by atoms with van der Waals surface area (Å²) in [6, 6.07) is 4.87. The average molecular weight is 364 g/mol. The van der Waals surface area contributed by atoms with Crippen LogP contribution in [-0.2, 0) is 13.6 Å². The van der Waals surface area contributed by atoms with Gasteiger partial charge >= 0.3 is 0 Å². The zero-order valence-corrected chi connectivity index (χ0v) is 14.9. The maximum atomic E-state index is 12.6. The number of hydrogen-bond acceptors (Lipinski definition) is 3. The molecule has 0 radical (unpaired) electrons. The topological polar surface area (TPSA) is 56.9 Å². The smallest absolute Gasteiger partial charge is 0.261 e. The first-order valence-corrected chi connectivity index (χ1v) is 8.05. The number of aryl methyl sites for hydroxylation is 1. The van der Waals surface area contributed by atoms with E-state index in [9.17, 15) is 9.59 Å². The predicted octanol–water partition coefficient (Wildman–Crippen LogP) is 3.54. The Labute approximate surface area is 148 Å². The van der Waals surface area contributed by atoms with E-state index in [2.05, 4.69) is 4.98 Å². The summed E-state index contributed by atoms with van der Waals surface area (Å²) in [6.07, 6.45) is 1.34. The quantitative estimate of drug-likeness (QED) is 0.668. The van der Waals surface area contributed by atoms with Crippen molar-refractivity contribution in [2.75, 3.05) is 0 Å². The van der Waals surface area contributed by atoms with Crippen molar-refractivity contribution in [1.82, 2.24) is 14.1 Å². The van der Waals surface area contributed by atoms with Crippen molar-refractivity contribution in [3.8, 4) is 0 Å². The van der Waals surface area contributed by atoms with Crippen LogP contribution in [0.3, 0.4) is 0 Å². The summed E-state index contributed by atoms with van der Waals surface area (Å²) in [6.45, 7) is 3.72. The number of fused-ring (bicyclic) bond motifs is 1. The van der Waals surface area contributed by atoms with Crippen molar-refractivity contribution in [2.45, 2.75) is 20.4 Å². The van der Waals surface area contributed by atoms with Crippen molar-refractivity contribution in [2.24, 2.45) is 7.05 Å². The Morgan fingerprint density at radius 3 is 2.54 bits per heavy atom. The molecule has 0 spiro atoms. The van der Waals surface area contributed by atoms with Gasteiger partial charge in [-0.15, -0.1) is 0 Å². The molecule has 3 aromatic rings. The third-order valence-corrected chi connectivity index (χ3v) is 4.74. The van der Waals surface area contributed by atoms with Crippen LogP contribution in [0.2, 0.25) is 10.0 Å². The van der Waals surface area contributed by atoms with Gasteiger partial charge in [0.15, 0.2) is 5.78 Å². The molecule has 2 aromatic heterocycles. The maximum Gasteiger partial charge on any atom is 0.261 e. The largest absolute Gasteiger partial charge is 0.351 e. The van der Waals surface area contributed by atoms with Gasteiger partial charge in [0.1, 0.15) is 0 Å². The fraction of sp³-hybridized carbons (Fsp3) is 0.235. The molecule has 0 saturated heterocycles. The zero-order chi connectivity index (χ0) is 17.6. The number of benzene rings is 1. The molecule has 0 saturated carbocycles. The first-order valence-electron chi connectivity index (χ1n) is 7.30. The van der Waals surface area contributed by atoms with E-state index in [-0.39, 0.29) is 17.9 Å². The average Bonchev–Trinajstić information content (AvgIpc) is 2.78. The maximum absolute atomic E-state index is 12.6. The molecule has 7 heteroatoms. The molecular weight excluding hydrogens is 349 g/mol. The highest BCUT2D eigenvalue weighted by atomic mass is 35.5. The van der Waals surface area contributed by atoms with Crippen LogP contribution in [0.4, 0.5) is 0 Å². The van der Waals surface area contributed by atoms with Gasteiger partial charge in [0.25, 0.3) is 5.56 Å². The van der Waals surface area contributed by atoms with Crippen LogP contribution in [0.25, 0.3) is 10.9 Å². The lowest BCUT2D eigenvalue weighted by atomic mass is 10.1. The van der Waals surface area contributed by atoms with E-state index in [0.717, 1.165) is 11.4 Å². The minimum atomic E-state index is -0.344. The number of halogens is 2. The number of ketones is 1. The van der Waals surface area contributed by atoms with Crippen molar-refractivity contribution in [3.05, 3.63) is 61.9 Å². The highest BCUT2D eigenvalue weighted by Gasteiger charge is 2.16. The number of aromatic nitrogens is 3. The van der Waals surface area contributed by atoms with Crippen LogP contribution in [0.1, 0.15) is 21.7 Å². The highest BCUT2D eigenvalue weighted by molar-refractivity contribution is 6.38. The Bertz CT molecular complexity index is 1030. The van der Waals surface area contributed by atoms with Gasteiger partial charge in [-0.2, -0.15) is 0 Å². The molecule has 0 bridgehead atoms. The van der Waals surface area contributed by atoms with Crippen LogP contribution >= 0.6 is 23.2 Å². The van der Waals surface area contributed by atoms with Gasteiger partial charge in [0, 0.05) is 29.0 Å². The lowest BCUT2D eigenvalue weighted by Gasteiger charge is -2.07. The Morgan fingerprint density at radius 2 is 1.92 bits per heavy atom. The second kappa shape index (κ2) is 6.07. The first-order chi connectivity index (χ1) is 11.3. The Hall–Kier alpha value is -2.11. The lowest BCUT2D eigenvalue weighted by molar-refractivity contribution is 0.0970. The number of nitrogens with zero attached hydrogens (tertiary/aromatic N) is 3. The molecule has 124 valence electrons. The monoisotopic (exact) mass is 363 g/mol. The number of rotatable bonds is 3. The fourth-order valence-electron chi connectivity index (χ4n) is 2.68. The molecule has 1 aromatic carbocycles. The number of carbonyl (C=O) groups excluding carboxylic acids is 1. The molecule has 24 heavy (non-hydrogen) atoms. The van der Waals surface area contributed by atoms with Crippen LogP contribution in [-0.4, -0.2) is 19.9 Å². The molecule has 0 unspecified atom stereocenters. The summed E-state index contributed by atoms with van der Waals surface area (Å²) < 4.78 is 3.22. The SMILES string of the molecule is Cc1cc(C(=O)Cn2cnc3c(Cl)cc(Cl)cc3c2=O)c(C)n1C. The second-order valence-electron chi connectivity index (χ2n) is 5.73. The van der Waals surface area contributed by atoms with Gasteiger partial charge in [-0.3, -0.25) is 14.2 Å². The van der Waals surface area contributed by atoms with Crippen molar-refractivity contribution >= 4 is 39.9 Å². The van der Waals surface area contributed by atoms with Gasteiger partial charge in [-0.1, -0.05) is 23.2 Å². The molecule has 0 aliphatic heterocycles. The summed E-state index contributed by atoms with van der Waals surface area (Å²) in [4.78, 5) is 29.4. The van der Waals surface area contributed by atoms with E-state index in [4.69, 9.17) is 23.2 Å². The molecule has 3 rings (SSSR count). The van der Waals surface area contributed by atoms with Gasteiger partial charge in [0.05, 0.1) is 28.8 Å². The molecule has 0 N–H and O–H groups in total. The Balaban J connectivity index is 2.04. The van der Waals surface area contributed by atoms with Gasteiger partial charge in [0.2, 0.25) is 0 Å². The van der Waals surface area contributed by atoms with E-state index in [1.54, 1.807) is 0 Å². The summed E-state index contributed by atoms with van der Waals surface area (Å²) in [7, 11) is 1.90. The van der Waals surface area contributed by atoms with Crippen LogP contribution in [0.15, 0.2) is 29.3 Å². The summed E-state index contributed by atoms with van der Waals surface area (Å²) >= 11 is 12.0. The van der Waals surface area contributed by atoms with Crippen molar-refractivity contribution in [1.29, 1.82) is 0 Å². The lowest BCUT2D eigenvalue weighted by Crippen LogP contribution is -2.25. The molecule has 0 fully saturated rings. The van der Waals surface area contributed by atoms with Gasteiger partial charge < -0.3 is 4.57 Å². The van der Waals surface area contributed by atoms with Crippen molar-refractivity contribution in [3.63, 3.8) is 0 Å². The van der Waals surface area contributed by atoms with E-state index < -0.39 is 0 Å². The van der Waals surface area contributed by atoms with Crippen LogP contribution in [0.5, 0.6) is 0 Å². The van der Waals surface area contributed by atoms with Gasteiger partial charge in [-0.25, -0.2) is 4.98 Å². The Kier molecular flexibility index (Phi) is 4.24. The predicted molar refractivity (Wildman–Crippen MR) is 95.2 cm³/mol. The summed E-state index contributed by atoms with van der Waals surface area (Å²) in [5.74, 6) is -0.146. The molecule has 0 aliphatic carbocycles. The van der Waals surface area contributed by atoms with E-state index in [1.165, 1.54) is 23.0 Å². The van der Waals surface area contributed by atoms with E-state index in [1.807, 2.05) is 31.5 Å². The number of Topliss-reactive ketones (excluding diaryl/α,β-unsaturated/α-hetero) is 1. The van der Waals surface area contributed by atoms with Crippen LogP contribution in [0, 0.1) is 13.8 Å². The second-order valence-corrected chi connectivity index (χ2v) is 6.57. The minimum Gasteiger partial charge on any atom is -0.351 e. The molecule has 0 atom stereocenters. The molecule has 0 amide bonds. The summed E-state index contributed by atoms with van der Waals surface area (Å²) in [5.41, 5.74) is 2.49. The number of carbonyl (C=O) groups is 1. The standard InChI is InChI=1S/C17H15Cl2N3O2/c1-9-4-12(10(2)21(9)3)15(23)7-22-8-20-16-13(17(22)24)5-11(18)6-14(16)19/h4-6,8H,7H2,1-3H3. The Morgan fingerprint density at radius 1 is 1.21 bits per heavy atom. The third-order valence-electron chi connectivity index (χ3n) is 4.24. The molecule has 0 aliphatic rings. The zero-order valence-electron chi connectivity index (χ0n) is 13.4. The normalized spacial score (nSPS) is 11.2. The van der Waals surface area contributed by atoms with E-state index >= 15 is 0 Å². The van der Waals surface area contributed by atoms with Crippen LogP contribution < -0.4 is 5.56 Å².